The van der Waals surface area contributed by atoms with Gasteiger partial charge in [0.25, 0.3) is 0 Å². The first kappa shape index (κ1) is 16.6. The van der Waals surface area contributed by atoms with Gasteiger partial charge in [-0.25, -0.2) is 18.4 Å². The molecule has 27 heavy (non-hydrogen) atoms. The number of nitrogens with zero attached hydrogens (tertiary/aromatic N) is 4. The van der Waals surface area contributed by atoms with Crippen LogP contribution in [0.5, 0.6) is 0 Å². The summed E-state index contributed by atoms with van der Waals surface area (Å²) in [5, 5.41) is 18.1. The third kappa shape index (κ3) is 2.60. The molecule has 0 unspecified atom stereocenters. The summed E-state index contributed by atoms with van der Waals surface area (Å²) in [5.41, 5.74) is 0.857. The maximum atomic E-state index is 13.9. The molecular weight excluding hydrogens is 423 g/mol. The van der Waals surface area contributed by atoms with Gasteiger partial charge in [-0.3, -0.25) is 4.52 Å². The van der Waals surface area contributed by atoms with E-state index in [0.29, 0.717) is 11.2 Å². The summed E-state index contributed by atoms with van der Waals surface area (Å²) in [6.07, 6.45) is 2.04. The molecule has 2 aliphatic rings. The number of benzene rings is 1. The Morgan fingerprint density at radius 3 is 2.85 bits per heavy atom. The van der Waals surface area contributed by atoms with E-state index in [2.05, 4.69) is 42.0 Å². The van der Waals surface area contributed by atoms with Gasteiger partial charge in [0.1, 0.15) is 5.82 Å². The third-order valence-corrected chi connectivity index (χ3v) is 5.96. The van der Waals surface area contributed by atoms with Crippen LogP contribution in [0.4, 0.5) is 10.2 Å². The van der Waals surface area contributed by atoms with Crippen LogP contribution in [0.2, 0.25) is 0 Å². The highest BCUT2D eigenvalue weighted by Gasteiger charge is 2.48. The Labute approximate surface area is 160 Å². The van der Waals surface area contributed by atoms with E-state index in [9.17, 15) is 9.18 Å². The zero-order chi connectivity index (χ0) is 18.6. The van der Waals surface area contributed by atoms with Crippen LogP contribution in [-0.2, 0) is 0 Å². The molecule has 5 rings (SSSR count). The fourth-order valence-corrected chi connectivity index (χ4v) is 4.20. The van der Waals surface area contributed by atoms with Crippen molar-refractivity contribution < 1.29 is 13.5 Å². The van der Waals surface area contributed by atoms with Crippen LogP contribution >= 0.6 is 15.9 Å². The smallest absolute Gasteiger partial charge is 0.362 e. The van der Waals surface area contributed by atoms with Crippen LogP contribution in [0.3, 0.4) is 0 Å². The minimum absolute atomic E-state index is 0.0781. The predicted octanol–water partition coefficient (Wildman–Crippen LogP) is 1.94. The summed E-state index contributed by atoms with van der Waals surface area (Å²) < 4.78 is 24.8. The van der Waals surface area contributed by atoms with Crippen LogP contribution in [0.25, 0.3) is 17.2 Å². The number of rotatable bonds is 4. The molecule has 2 fully saturated rings. The minimum Gasteiger partial charge on any atom is -0.362 e. The average molecular weight is 437 g/mol. The molecule has 140 valence electrons. The normalized spacial score (nSPS) is 18.3. The molecule has 1 saturated heterocycles. The first-order valence-corrected chi connectivity index (χ1v) is 9.19. The van der Waals surface area contributed by atoms with E-state index >= 15 is 0 Å². The van der Waals surface area contributed by atoms with Crippen molar-refractivity contribution in [2.24, 2.45) is 5.41 Å². The number of aromatic nitrogens is 4. The van der Waals surface area contributed by atoms with Crippen LogP contribution in [0.15, 0.2) is 36.6 Å². The maximum absolute atomic E-state index is 13.9. The van der Waals surface area contributed by atoms with E-state index in [1.165, 1.54) is 12.1 Å². The van der Waals surface area contributed by atoms with Gasteiger partial charge in [0, 0.05) is 19.1 Å². The van der Waals surface area contributed by atoms with Gasteiger partial charge in [-0.05, 0) is 56.6 Å². The van der Waals surface area contributed by atoms with Gasteiger partial charge in [0.15, 0.2) is 5.69 Å². The minimum atomic E-state index is -0.770. The summed E-state index contributed by atoms with van der Waals surface area (Å²) in [5.74, 6) is -0.837. The van der Waals surface area contributed by atoms with Crippen molar-refractivity contribution >= 4 is 21.7 Å². The topological polar surface area (TPSA) is 111 Å². The number of anilines is 1. The van der Waals surface area contributed by atoms with Gasteiger partial charge in [0.05, 0.1) is 10.2 Å². The van der Waals surface area contributed by atoms with E-state index in [4.69, 9.17) is 9.15 Å². The molecule has 1 aliphatic carbocycles. The van der Waals surface area contributed by atoms with Gasteiger partial charge in [-0.1, -0.05) is 11.2 Å². The van der Waals surface area contributed by atoms with E-state index in [1.807, 2.05) is 0 Å². The third-order valence-electron chi connectivity index (χ3n) is 5.18. The Morgan fingerprint density at radius 2 is 2.11 bits per heavy atom. The lowest BCUT2D eigenvalue weighted by Crippen LogP contribution is -2.63. The van der Waals surface area contributed by atoms with Crippen LogP contribution in [-0.4, -0.2) is 39.2 Å². The van der Waals surface area contributed by atoms with Gasteiger partial charge < -0.3 is 10.6 Å². The molecule has 0 amide bonds. The summed E-state index contributed by atoms with van der Waals surface area (Å²) in [7, 11) is 0. The van der Waals surface area contributed by atoms with Crippen molar-refractivity contribution in [3.8, 4) is 17.2 Å². The first-order valence-electron chi connectivity index (χ1n) is 8.40. The molecule has 1 aromatic carbocycles. The maximum Gasteiger partial charge on any atom is 0.446 e. The Kier molecular flexibility index (Phi) is 3.69. The summed E-state index contributed by atoms with van der Waals surface area (Å²) in [6, 6.07) is 4.57. The first-order chi connectivity index (χ1) is 13.1. The highest BCUT2D eigenvalue weighted by Crippen LogP contribution is 2.45. The molecule has 1 aliphatic heterocycles. The van der Waals surface area contributed by atoms with Crippen molar-refractivity contribution in [1.82, 2.24) is 25.4 Å². The Morgan fingerprint density at radius 1 is 1.30 bits per heavy atom. The van der Waals surface area contributed by atoms with Crippen molar-refractivity contribution in [2.45, 2.75) is 18.9 Å². The number of nitrogens with one attached hydrogen (secondary N) is 2. The van der Waals surface area contributed by atoms with Gasteiger partial charge in [-0.15, -0.1) is 0 Å². The second kappa shape index (κ2) is 5.99. The lowest BCUT2D eigenvalue weighted by molar-refractivity contribution is 0.0468. The largest absolute Gasteiger partial charge is 0.446 e. The van der Waals surface area contributed by atoms with Crippen molar-refractivity contribution in [3.63, 3.8) is 0 Å². The van der Waals surface area contributed by atoms with Crippen LogP contribution in [0, 0.1) is 11.2 Å². The van der Waals surface area contributed by atoms with Crippen molar-refractivity contribution in [3.05, 3.63) is 39.0 Å². The molecule has 1 spiro atoms. The molecule has 9 nitrogen and oxygen atoms in total. The highest BCUT2D eigenvalue weighted by atomic mass is 79.9. The second-order valence-electron chi connectivity index (χ2n) is 6.99. The molecule has 3 aromatic rings. The lowest BCUT2D eigenvalue weighted by atomic mass is 9.62. The number of hydrogen-bond donors (Lipinski definition) is 2. The quantitative estimate of drug-likeness (QED) is 0.637. The molecule has 2 aromatic heterocycles. The van der Waals surface area contributed by atoms with E-state index in [-0.39, 0.29) is 27.7 Å². The van der Waals surface area contributed by atoms with Crippen LogP contribution in [0.1, 0.15) is 12.8 Å². The molecule has 1 saturated carbocycles. The van der Waals surface area contributed by atoms with E-state index < -0.39 is 11.6 Å². The summed E-state index contributed by atoms with van der Waals surface area (Å²) in [4.78, 5) is 12.2. The zero-order valence-corrected chi connectivity index (χ0v) is 15.5. The Hall–Kier alpha value is -2.53. The van der Waals surface area contributed by atoms with E-state index in [1.54, 1.807) is 6.07 Å². The monoisotopic (exact) mass is 436 g/mol. The Bertz CT molecular complexity index is 1060. The standard InChI is InChI=1S/C16H14BrFN6O3/c17-11-9(18)2-1-3-10(11)24-14(23-26-15(24)25)12-13(22-27-21-12)20-8-4-16(5-8)6-19-7-16/h1-3,8,19H,4-7H2,(H,20,22). The molecule has 2 N–H and O–H groups in total. The fourth-order valence-electron chi connectivity index (χ4n) is 3.76. The van der Waals surface area contributed by atoms with Gasteiger partial charge in [0.2, 0.25) is 11.6 Å². The molecule has 0 radical (unpaired) electrons. The molecule has 3 heterocycles. The van der Waals surface area contributed by atoms with E-state index in [0.717, 1.165) is 30.5 Å². The number of hydrogen-bond acceptors (Lipinski definition) is 8. The predicted molar refractivity (Wildman–Crippen MR) is 95.0 cm³/mol. The van der Waals surface area contributed by atoms with Crippen molar-refractivity contribution in [2.75, 3.05) is 18.4 Å². The molecular formula is C16H14BrFN6O3. The lowest BCUT2D eigenvalue weighted by Gasteiger charge is -2.54. The zero-order valence-electron chi connectivity index (χ0n) is 13.9. The highest BCUT2D eigenvalue weighted by molar-refractivity contribution is 9.10. The van der Waals surface area contributed by atoms with Gasteiger partial charge >= 0.3 is 5.76 Å². The molecule has 0 atom stereocenters. The summed E-state index contributed by atoms with van der Waals surface area (Å²) in [6.45, 7) is 2.07. The number of halogens is 2. The summed E-state index contributed by atoms with van der Waals surface area (Å²) >= 11 is 3.15. The van der Waals surface area contributed by atoms with Crippen molar-refractivity contribution in [1.29, 1.82) is 0 Å². The second-order valence-corrected chi connectivity index (χ2v) is 7.79. The van der Waals surface area contributed by atoms with Crippen LogP contribution < -0.4 is 16.4 Å². The molecule has 11 heteroatoms. The molecule has 0 bridgehead atoms. The Balaban J connectivity index is 1.49. The van der Waals surface area contributed by atoms with Gasteiger partial charge in [-0.2, -0.15) is 0 Å². The SMILES string of the molecule is O=c1onc(-c2nonc2NC2CC3(CNC3)C2)n1-c1cccc(F)c1Br. The fraction of sp³-hybridized carbons (Fsp3) is 0.375. The average Bonchev–Trinajstić information content (AvgIpc) is 3.17.